The number of ether oxygens (including phenoxy) is 2. The lowest BCUT2D eigenvalue weighted by Gasteiger charge is -2.26. The summed E-state index contributed by atoms with van der Waals surface area (Å²) in [6, 6.07) is 13.5. The van der Waals surface area contributed by atoms with E-state index in [0.717, 1.165) is 15.8 Å². The fourth-order valence-corrected chi connectivity index (χ4v) is 6.30. The highest BCUT2D eigenvalue weighted by atomic mass is 35.5. The van der Waals surface area contributed by atoms with Gasteiger partial charge < -0.3 is 24.8 Å². The number of terminal acetylenes is 1. The fraction of sp³-hybridized carbons (Fsp3) is 0.290. The second-order valence-electron chi connectivity index (χ2n) is 10.3. The number of carboxylic acid groups (broad SMARTS) is 1. The molecule has 1 unspecified atom stereocenters. The van der Waals surface area contributed by atoms with Crippen LogP contribution in [0, 0.1) is 18.2 Å². The maximum Gasteiger partial charge on any atom is 0.373 e. The van der Waals surface area contributed by atoms with E-state index in [1.807, 2.05) is 24.3 Å². The van der Waals surface area contributed by atoms with Crippen molar-refractivity contribution in [3.63, 3.8) is 0 Å². The molecule has 1 aliphatic heterocycles. The molecule has 0 spiro atoms. The van der Waals surface area contributed by atoms with E-state index in [4.69, 9.17) is 37.1 Å². The summed E-state index contributed by atoms with van der Waals surface area (Å²) in [4.78, 5) is 45.7. The number of aromatic nitrogens is 5. The molecule has 0 amide bonds. The first-order valence-electron chi connectivity index (χ1n) is 13.9. The van der Waals surface area contributed by atoms with Crippen LogP contribution in [0.5, 0.6) is 0 Å². The van der Waals surface area contributed by atoms with Gasteiger partial charge in [0.15, 0.2) is 23.6 Å². The minimum absolute atomic E-state index is 0.0237. The highest BCUT2D eigenvalue weighted by molar-refractivity contribution is 7.18. The van der Waals surface area contributed by atoms with E-state index in [2.05, 4.69) is 25.9 Å². The molecular formula is C31H25ClFN5O8S. The monoisotopic (exact) mass is 681 g/mol. The van der Waals surface area contributed by atoms with Gasteiger partial charge in [0, 0.05) is 6.42 Å². The quantitative estimate of drug-likeness (QED) is 0.145. The maximum absolute atomic E-state index is 13.3. The van der Waals surface area contributed by atoms with E-state index < -0.39 is 42.7 Å². The molecule has 0 bridgehead atoms. The minimum atomic E-state index is -2.23. The maximum atomic E-state index is 13.3. The molecule has 16 heteroatoms. The van der Waals surface area contributed by atoms with Crippen LogP contribution in [0.4, 0.5) is 4.39 Å². The molecule has 3 N–H and O–H groups in total. The molecule has 5 aromatic rings. The molecule has 1 aliphatic rings. The summed E-state index contributed by atoms with van der Waals surface area (Å²) in [5.74, 6) is 0.621. The third kappa shape index (κ3) is 7.19. The van der Waals surface area contributed by atoms with E-state index in [1.54, 1.807) is 12.1 Å². The zero-order chi connectivity index (χ0) is 33.7. The number of aliphatic hydroxyl groups excluding tert-OH is 1. The normalized spacial score (nSPS) is 21.1. The Balaban J connectivity index is 0.00000139. The van der Waals surface area contributed by atoms with E-state index in [9.17, 15) is 24.5 Å². The number of aliphatic carboxylic acids is 1. The number of carboxylic acids is 1. The van der Waals surface area contributed by atoms with Crippen molar-refractivity contribution in [2.45, 2.75) is 49.4 Å². The van der Waals surface area contributed by atoms with Crippen molar-refractivity contribution in [1.29, 1.82) is 0 Å². The molecule has 1 saturated heterocycles. The van der Waals surface area contributed by atoms with E-state index >= 15 is 0 Å². The molecule has 1 fully saturated rings. The molecule has 3 aromatic heterocycles. The fourth-order valence-electron chi connectivity index (χ4n) is 5.12. The molecule has 13 nitrogen and oxygen atoms in total. The first kappa shape index (κ1) is 33.7. The summed E-state index contributed by atoms with van der Waals surface area (Å²) in [6.07, 6.45) is 2.61. The molecule has 6 rings (SSSR count). The standard InChI is InChI=1S/C30H25ClFN5O6S.CO2/c1-2-30(41)22(14-42-20(28(39)40)13-23-34-18-5-3-4-6-21(18)44-23)43-27(25(30)38)37-15-33-24-19(35-29(31)36-26(24)37)12-9-16-7-10-17(32)11-8-16;2-1-3/h1,3-8,10-11,15,20,22,25,27,38,41H,9,12-14H2,(H,39,40);/t20?,22-,25+,27-,30-;/m1./s1. The van der Waals surface area contributed by atoms with Gasteiger partial charge in [-0.15, -0.1) is 17.8 Å². The van der Waals surface area contributed by atoms with Crippen molar-refractivity contribution in [3.05, 3.63) is 82.2 Å². The second-order valence-corrected chi connectivity index (χ2v) is 11.8. The topological polar surface area (TPSA) is 187 Å². The van der Waals surface area contributed by atoms with Gasteiger partial charge in [-0.25, -0.2) is 24.1 Å². The van der Waals surface area contributed by atoms with Crippen molar-refractivity contribution in [2.24, 2.45) is 0 Å². The number of nitrogens with zero attached hydrogens (tertiary/aromatic N) is 5. The number of hydrogen-bond donors (Lipinski definition) is 3. The third-order valence-corrected chi connectivity index (χ3v) is 8.70. The summed E-state index contributed by atoms with van der Waals surface area (Å²) in [7, 11) is 0. The van der Waals surface area contributed by atoms with Crippen LogP contribution >= 0.6 is 22.9 Å². The molecule has 5 atom stereocenters. The first-order chi connectivity index (χ1) is 22.6. The van der Waals surface area contributed by atoms with Crippen LogP contribution in [-0.2, 0) is 43.1 Å². The van der Waals surface area contributed by atoms with Gasteiger partial charge in [0.05, 0.1) is 33.9 Å². The van der Waals surface area contributed by atoms with Gasteiger partial charge in [-0.3, -0.25) is 4.57 Å². The Bertz CT molecular complexity index is 1940. The van der Waals surface area contributed by atoms with Gasteiger partial charge >= 0.3 is 12.1 Å². The highest BCUT2D eigenvalue weighted by Crippen LogP contribution is 2.39. The lowest BCUT2D eigenvalue weighted by molar-refractivity contribution is -0.191. The van der Waals surface area contributed by atoms with E-state index in [0.29, 0.717) is 29.1 Å². The van der Waals surface area contributed by atoms with Crippen LogP contribution < -0.4 is 0 Å². The number of carbonyl (C=O) groups is 1. The molecule has 0 aliphatic carbocycles. The second kappa shape index (κ2) is 14.4. The number of para-hydroxylation sites is 1. The Kier molecular flexibility index (Phi) is 10.3. The van der Waals surface area contributed by atoms with Gasteiger partial charge in [-0.2, -0.15) is 14.6 Å². The van der Waals surface area contributed by atoms with Crippen LogP contribution in [0.25, 0.3) is 21.4 Å². The van der Waals surface area contributed by atoms with Crippen molar-refractivity contribution < 1.29 is 43.6 Å². The average molecular weight is 682 g/mol. The van der Waals surface area contributed by atoms with Gasteiger partial charge in [0.1, 0.15) is 23.5 Å². The van der Waals surface area contributed by atoms with Gasteiger partial charge in [-0.05, 0) is 54.3 Å². The number of fused-ring (bicyclic) bond motifs is 2. The lowest BCUT2D eigenvalue weighted by Crippen LogP contribution is -2.48. The summed E-state index contributed by atoms with van der Waals surface area (Å²) in [5, 5.41) is 32.7. The zero-order valence-electron chi connectivity index (χ0n) is 24.2. The Hall–Kier alpha value is -4.65. The molecule has 4 heterocycles. The number of rotatable bonds is 10. The summed E-state index contributed by atoms with van der Waals surface area (Å²) >= 11 is 7.59. The minimum Gasteiger partial charge on any atom is -0.479 e. The van der Waals surface area contributed by atoms with E-state index in [-0.39, 0.29) is 29.3 Å². The predicted molar refractivity (Wildman–Crippen MR) is 164 cm³/mol. The van der Waals surface area contributed by atoms with Crippen LogP contribution in [0.15, 0.2) is 54.9 Å². The molecule has 242 valence electrons. The van der Waals surface area contributed by atoms with Gasteiger partial charge in [-0.1, -0.05) is 30.2 Å². The number of carbonyl (C=O) groups excluding carboxylic acids is 2. The number of hydrogen-bond acceptors (Lipinski definition) is 12. The van der Waals surface area contributed by atoms with Crippen molar-refractivity contribution in [3.8, 4) is 12.3 Å². The smallest absolute Gasteiger partial charge is 0.373 e. The van der Waals surface area contributed by atoms with Gasteiger partial charge in [0.2, 0.25) is 5.28 Å². The van der Waals surface area contributed by atoms with Crippen LogP contribution in [0.2, 0.25) is 5.28 Å². The molecule has 47 heavy (non-hydrogen) atoms. The largest absolute Gasteiger partial charge is 0.479 e. The Labute approximate surface area is 274 Å². The summed E-state index contributed by atoms with van der Waals surface area (Å²) in [6.45, 7) is -0.443. The number of aliphatic hydroxyl groups is 2. The number of aryl methyl sites for hydroxylation is 2. The molecule has 0 radical (unpaired) electrons. The molecular weight excluding hydrogens is 657 g/mol. The van der Waals surface area contributed by atoms with Crippen LogP contribution in [-0.4, -0.2) is 82.5 Å². The summed E-state index contributed by atoms with van der Waals surface area (Å²) in [5.41, 5.74) is 0.525. The van der Waals surface area contributed by atoms with Crippen molar-refractivity contribution in [1.82, 2.24) is 24.5 Å². The Morgan fingerprint density at radius 3 is 2.57 bits per heavy atom. The summed E-state index contributed by atoms with van der Waals surface area (Å²) < 4.78 is 27.3. The van der Waals surface area contributed by atoms with Crippen LogP contribution in [0.3, 0.4) is 0 Å². The SMILES string of the molecule is C#C[C@@]1(O)[C@@H](COC(Cc2nc3ccccc3s2)C(=O)O)O[C@@H](n2cnc3c(CCc4ccc(F)cc4)nc(Cl)nc32)[C@@H]1O.O=C=O. The Morgan fingerprint density at radius 2 is 1.89 bits per heavy atom. The molecule has 0 saturated carbocycles. The van der Waals surface area contributed by atoms with E-state index in [1.165, 1.54) is 34.4 Å². The third-order valence-electron chi connectivity index (χ3n) is 7.47. The average Bonchev–Trinajstić information content (AvgIpc) is 3.73. The van der Waals surface area contributed by atoms with Crippen molar-refractivity contribution in [2.75, 3.05) is 6.61 Å². The van der Waals surface area contributed by atoms with Crippen molar-refractivity contribution >= 4 is 56.4 Å². The zero-order valence-corrected chi connectivity index (χ0v) is 25.8. The van der Waals surface area contributed by atoms with Gasteiger partial charge in [0.25, 0.3) is 0 Å². The number of benzene rings is 2. The highest BCUT2D eigenvalue weighted by Gasteiger charge is 2.56. The Morgan fingerprint density at radius 1 is 1.17 bits per heavy atom. The van der Waals surface area contributed by atoms with Crippen LogP contribution in [0.1, 0.15) is 22.5 Å². The number of thiazole rings is 1. The number of halogens is 2. The number of imidazole rings is 1. The lowest BCUT2D eigenvalue weighted by atomic mass is 9.93. The molecule has 2 aromatic carbocycles. The first-order valence-corrected chi connectivity index (χ1v) is 15.1. The predicted octanol–water partition coefficient (Wildman–Crippen LogP) is 2.77.